The molecular weight excluding hydrogens is 368 g/mol. The topological polar surface area (TPSA) is 111 Å². The largest absolute Gasteiger partial charge is 0.494 e. The summed E-state index contributed by atoms with van der Waals surface area (Å²) in [5.74, 6) is -0.775. The number of nitrogens with zero attached hydrogens (tertiary/aromatic N) is 1. The zero-order valence-electron chi connectivity index (χ0n) is 16.0. The summed E-state index contributed by atoms with van der Waals surface area (Å²) in [5, 5.41) is 2.62. The van der Waals surface area contributed by atoms with E-state index in [1.165, 1.54) is 0 Å². The molecule has 1 fully saturated rings. The SMILES string of the molecule is CCOc1ccc(OCC)c(NC(=O)COC(=O)CCN2C(=O)CCC2=O)c1. The molecule has 1 saturated heterocycles. The van der Waals surface area contributed by atoms with E-state index in [9.17, 15) is 19.2 Å². The van der Waals surface area contributed by atoms with E-state index in [0.29, 0.717) is 30.4 Å². The summed E-state index contributed by atoms with van der Waals surface area (Å²) in [6.45, 7) is 4.02. The van der Waals surface area contributed by atoms with Crippen LogP contribution in [0, 0.1) is 0 Å². The minimum absolute atomic E-state index is 0.0387. The molecule has 1 aromatic rings. The summed E-state index contributed by atoms with van der Waals surface area (Å²) in [7, 11) is 0. The minimum Gasteiger partial charge on any atom is -0.494 e. The van der Waals surface area contributed by atoms with Crippen LogP contribution in [-0.2, 0) is 23.9 Å². The van der Waals surface area contributed by atoms with Gasteiger partial charge in [-0.05, 0) is 26.0 Å². The first kappa shape index (κ1) is 21.2. The summed E-state index contributed by atoms with van der Waals surface area (Å²) < 4.78 is 15.8. The maximum absolute atomic E-state index is 12.1. The van der Waals surface area contributed by atoms with Crippen LogP contribution in [0.25, 0.3) is 0 Å². The number of carbonyl (C=O) groups excluding carboxylic acids is 4. The third kappa shape index (κ3) is 5.97. The van der Waals surface area contributed by atoms with Gasteiger partial charge in [-0.1, -0.05) is 0 Å². The van der Waals surface area contributed by atoms with Crippen molar-refractivity contribution in [2.75, 3.05) is 31.7 Å². The van der Waals surface area contributed by atoms with Crippen LogP contribution in [0.2, 0.25) is 0 Å². The minimum atomic E-state index is -0.671. The highest BCUT2D eigenvalue weighted by Gasteiger charge is 2.29. The third-order valence-corrected chi connectivity index (χ3v) is 3.89. The summed E-state index contributed by atoms with van der Waals surface area (Å²) in [6.07, 6.45) is 0.174. The van der Waals surface area contributed by atoms with Crippen molar-refractivity contribution in [1.82, 2.24) is 4.90 Å². The highest BCUT2D eigenvalue weighted by atomic mass is 16.5. The summed E-state index contributed by atoms with van der Waals surface area (Å²) in [4.78, 5) is 47.9. The number of hydrogen-bond donors (Lipinski definition) is 1. The van der Waals surface area contributed by atoms with Crippen molar-refractivity contribution < 1.29 is 33.4 Å². The zero-order valence-corrected chi connectivity index (χ0v) is 16.0. The van der Waals surface area contributed by atoms with Gasteiger partial charge in [-0.25, -0.2) is 0 Å². The van der Waals surface area contributed by atoms with Gasteiger partial charge in [-0.2, -0.15) is 0 Å². The molecule has 152 valence electrons. The number of nitrogens with one attached hydrogen (secondary N) is 1. The molecule has 9 heteroatoms. The predicted molar refractivity (Wildman–Crippen MR) is 98.9 cm³/mol. The van der Waals surface area contributed by atoms with Gasteiger partial charge < -0.3 is 19.5 Å². The fourth-order valence-corrected chi connectivity index (χ4v) is 2.62. The zero-order chi connectivity index (χ0) is 20.5. The van der Waals surface area contributed by atoms with Gasteiger partial charge in [0.05, 0.1) is 25.3 Å². The number of carbonyl (C=O) groups is 4. The van der Waals surface area contributed by atoms with E-state index in [1.54, 1.807) is 18.2 Å². The van der Waals surface area contributed by atoms with Crippen molar-refractivity contribution in [2.45, 2.75) is 33.1 Å². The highest BCUT2D eigenvalue weighted by molar-refractivity contribution is 6.02. The Kier molecular flexibility index (Phi) is 7.79. The molecule has 1 aliphatic heterocycles. The van der Waals surface area contributed by atoms with Crippen molar-refractivity contribution in [2.24, 2.45) is 0 Å². The molecule has 1 N–H and O–H groups in total. The first-order valence-corrected chi connectivity index (χ1v) is 9.12. The molecule has 0 saturated carbocycles. The second-order valence-electron chi connectivity index (χ2n) is 5.92. The van der Waals surface area contributed by atoms with Gasteiger partial charge in [-0.3, -0.25) is 24.1 Å². The molecule has 9 nitrogen and oxygen atoms in total. The van der Waals surface area contributed by atoms with Crippen molar-refractivity contribution >= 4 is 29.4 Å². The van der Waals surface area contributed by atoms with Gasteiger partial charge in [0, 0.05) is 25.5 Å². The van der Waals surface area contributed by atoms with Crippen molar-refractivity contribution in [3.63, 3.8) is 0 Å². The number of anilines is 1. The Hall–Kier alpha value is -3.10. The lowest BCUT2D eigenvalue weighted by Crippen LogP contribution is -2.32. The average Bonchev–Trinajstić information content (AvgIpc) is 2.98. The van der Waals surface area contributed by atoms with Crippen LogP contribution in [0.3, 0.4) is 0 Å². The molecular formula is C19H24N2O7. The lowest BCUT2D eigenvalue weighted by molar-refractivity contribution is -0.148. The lowest BCUT2D eigenvalue weighted by atomic mass is 10.2. The number of likely N-dealkylation sites (tertiary alicyclic amines) is 1. The molecule has 0 aromatic heterocycles. The van der Waals surface area contributed by atoms with E-state index in [4.69, 9.17) is 14.2 Å². The maximum Gasteiger partial charge on any atom is 0.308 e. The van der Waals surface area contributed by atoms with E-state index in [-0.39, 0.29) is 37.6 Å². The molecule has 0 spiro atoms. The van der Waals surface area contributed by atoms with Crippen LogP contribution < -0.4 is 14.8 Å². The van der Waals surface area contributed by atoms with E-state index in [0.717, 1.165) is 4.90 Å². The van der Waals surface area contributed by atoms with Crippen molar-refractivity contribution in [3.8, 4) is 11.5 Å². The molecule has 1 aliphatic rings. The lowest BCUT2D eigenvalue weighted by Gasteiger charge is -2.14. The average molecular weight is 392 g/mol. The normalized spacial score (nSPS) is 13.4. The van der Waals surface area contributed by atoms with Gasteiger partial charge in [0.2, 0.25) is 11.8 Å². The molecule has 0 atom stereocenters. The maximum atomic E-state index is 12.1. The van der Waals surface area contributed by atoms with Crippen LogP contribution in [-0.4, -0.2) is 55.0 Å². The summed E-state index contributed by atoms with van der Waals surface area (Å²) in [5.41, 5.74) is 0.405. The Morgan fingerprint density at radius 3 is 2.39 bits per heavy atom. The Labute approximate surface area is 162 Å². The summed E-state index contributed by atoms with van der Waals surface area (Å²) in [6, 6.07) is 5.03. The van der Waals surface area contributed by atoms with Crippen LogP contribution in [0.15, 0.2) is 18.2 Å². The fourth-order valence-electron chi connectivity index (χ4n) is 2.62. The van der Waals surface area contributed by atoms with Gasteiger partial charge in [-0.15, -0.1) is 0 Å². The monoisotopic (exact) mass is 392 g/mol. The number of hydrogen-bond acceptors (Lipinski definition) is 7. The highest BCUT2D eigenvalue weighted by Crippen LogP contribution is 2.29. The number of amides is 3. The van der Waals surface area contributed by atoms with Crippen molar-refractivity contribution in [1.29, 1.82) is 0 Å². The van der Waals surface area contributed by atoms with E-state index < -0.39 is 18.5 Å². The van der Waals surface area contributed by atoms with E-state index >= 15 is 0 Å². The number of rotatable bonds is 10. The number of esters is 1. The Bertz CT molecular complexity index is 732. The Morgan fingerprint density at radius 2 is 1.75 bits per heavy atom. The van der Waals surface area contributed by atoms with Gasteiger partial charge in [0.15, 0.2) is 6.61 Å². The van der Waals surface area contributed by atoms with Gasteiger partial charge in [0.1, 0.15) is 11.5 Å². The van der Waals surface area contributed by atoms with E-state index in [1.807, 2.05) is 13.8 Å². The summed E-state index contributed by atoms with van der Waals surface area (Å²) >= 11 is 0. The van der Waals surface area contributed by atoms with Crippen LogP contribution in [0.1, 0.15) is 33.1 Å². The molecule has 1 heterocycles. The molecule has 0 radical (unpaired) electrons. The van der Waals surface area contributed by atoms with Crippen LogP contribution in [0.4, 0.5) is 5.69 Å². The van der Waals surface area contributed by atoms with Gasteiger partial charge >= 0.3 is 5.97 Å². The van der Waals surface area contributed by atoms with Crippen LogP contribution in [0.5, 0.6) is 11.5 Å². The fraction of sp³-hybridized carbons (Fsp3) is 0.474. The Morgan fingerprint density at radius 1 is 1.07 bits per heavy atom. The van der Waals surface area contributed by atoms with E-state index in [2.05, 4.69) is 5.32 Å². The smallest absolute Gasteiger partial charge is 0.308 e. The first-order chi connectivity index (χ1) is 13.4. The molecule has 28 heavy (non-hydrogen) atoms. The van der Waals surface area contributed by atoms with Crippen LogP contribution >= 0.6 is 0 Å². The van der Waals surface area contributed by atoms with Crippen molar-refractivity contribution in [3.05, 3.63) is 18.2 Å². The van der Waals surface area contributed by atoms with Gasteiger partial charge in [0.25, 0.3) is 5.91 Å². The second kappa shape index (κ2) is 10.3. The Balaban J connectivity index is 1.84. The molecule has 3 amide bonds. The number of imide groups is 1. The quantitative estimate of drug-likeness (QED) is 0.474. The molecule has 1 aromatic carbocycles. The number of ether oxygens (including phenoxy) is 3. The predicted octanol–water partition coefficient (Wildman–Crippen LogP) is 1.50. The first-order valence-electron chi connectivity index (χ1n) is 9.12. The molecule has 0 unspecified atom stereocenters. The number of benzene rings is 1. The molecule has 2 rings (SSSR count). The second-order valence-corrected chi connectivity index (χ2v) is 5.92. The third-order valence-electron chi connectivity index (χ3n) is 3.89. The molecule has 0 bridgehead atoms. The molecule has 0 aliphatic carbocycles. The standard InChI is InChI=1S/C19H24N2O7/c1-3-26-13-5-6-15(27-4-2)14(11-13)20-16(22)12-28-19(25)9-10-21-17(23)7-8-18(21)24/h5-6,11H,3-4,7-10,12H2,1-2H3,(H,20,22).